The van der Waals surface area contributed by atoms with E-state index in [1.54, 1.807) is 0 Å². The molecule has 0 spiro atoms. The summed E-state index contributed by atoms with van der Waals surface area (Å²) in [6, 6.07) is 0.186. The van der Waals surface area contributed by atoms with Crippen LogP contribution in [0.15, 0.2) is 0 Å². The summed E-state index contributed by atoms with van der Waals surface area (Å²) in [5.74, 6) is 1.34. The third kappa shape index (κ3) is 5.28. The van der Waals surface area contributed by atoms with Crippen molar-refractivity contribution in [2.45, 2.75) is 38.8 Å². The van der Waals surface area contributed by atoms with Crippen LogP contribution in [0.5, 0.6) is 0 Å². The molecule has 15 heavy (non-hydrogen) atoms. The van der Waals surface area contributed by atoms with Crippen LogP contribution < -0.4 is 5.32 Å². The average Bonchev–Trinajstić information content (AvgIpc) is 2.19. The fourth-order valence-corrected chi connectivity index (χ4v) is 2.75. The molecule has 4 nitrogen and oxygen atoms in total. The molecular weight excluding hydrogens is 214 g/mol. The van der Waals surface area contributed by atoms with Gasteiger partial charge in [0.25, 0.3) is 0 Å². The zero-order valence-corrected chi connectivity index (χ0v) is 10.1. The Labute approximate surface area is 93.2 Å². The van der Waals surface area contributed by atoms with Crippen LogP contribution in [-0.2, 0) is 20.3 Å². The van der Waals surface area contributed by atoms with E-state index in [2.05, 4.69) is 5.32 Å². The van der Waals surface area contributed by atoms with Crippen molar-refractivity contribution in [2.24, 2.45) is 0 Å². The lowest BCUT2D eigenvalue weighted by Gasteiger charge is -2.22. The standard InChI is InChI=1S/C10H19NO3S/c1-8(2)14-7-10(12)11-9-3-5-15(13)6-4-9/h8-9H,3-7H2,1-2H3,(H,11,12). The molecule has 0 aromatic rings. The van der Waals surface area contributed by atoms with E-state index < -0.39 is 10.8 Å². The first kappa shape index (κ1) is 12.6. The molecule has 88 valence electrons. The lowest BCUT2D eigenvalue weighted by molar-refractivity contribution is -0.127. The SMILES string of the molecule is CC(C)OCC(=O)NC1CCS(=O)CC1. The highest BCUT2D eigenvalue weighted by atomic mass is 32.2. The van der Waals surface area contributed by atoms with Crippen LogP contribution in [0.3, 0.4) is 0 Å². The van der Waals surface area contributed by atoms with Gasteiger partial charge in [-0.05, 0) is 26.7 Å². The van der Waals surface area contributed by atoms with Crippen LogP contribution >= 0.6 is 0 Å². The molecule has 0 bridgehead atoms. The van der Waals surface area contributed by atoms with Crippen molar-refractivity contribution in [1.82, 2.24) is 5.32 Å². The van der Waals surface area contributed by atoms with Gasteiger partial charge in [0.15, 0.2) is 0 Å². The zero-order valence-electron chi connectivity index (χ0n) is 9.32. The van der Waals surface area contributed by atoms with E-state index in [1.807, 2.05) is 13.8 Å². The van der Waals surface area contributed by atoms with Crippen LogP contribution in [0.1, 0.15) is 26.7 Å². The van der Waals surface area contributed by atoms with Gasteiger partial charge < -0.3 is 10.1 Å². The predicted octanol–water partition coefficient (Wildman–Crippen LogP) is 0.439. The zero-order chi connectivity index (χ0) is 11.3. The first-order chi connectivity index (χ1) is 7.08. The molecule has 1 saturated heterocycles. The molecule has 0 aromatic carbocycles. The summed E-state index contributed by atoms with van der Waals surface area (Å²) in [7, 11) is -0.669. The highest BCUT2D eigenvalue weighted by molar-refractivity contribution is 7.85. The second-order valence-electron chi connectivity index (χ2n) is 4.05. The third-order valence-electron chi connectivity index (χ3n) is 2.30. The molecule has 1 aliphatic heterocycles. The Kier molecular flexibility index (Phi) is 5.25. The van der Waals surface area contributed by atoms with Gasteiger partial charge in [-0.25, -0.2) is 0 Å². The van der Waals surface area contributed by atoms with Crippen molar-refractivity contribution in [3.8, 4) is 0 Å². The number of ether oxygens (including phenoxy) is 1. The largest absolute Gasteiger partial charge is 0.369 e. The van der Waals surface area contributed by atoms with E-state index in [1.165, 1.54) is 0 Å². The van der Waals surface area contributed by atoms with Gasteiger partial charge in [-0.3, -0.25) is 9.00 Å². The van der Waals surface area contributed by atoms with Gasteiger partial charge in [-0.1, -0.05) is 0 Å². The number of rotatable bonds is 4. The molecule has 0 unspecified atom stereocenters. The second-order valence-corrected chi connectivity index (χ2v) is 5.75. The van der Waals surface area contributed by atoms with Gasteiger partial charge in [-0.2, -0.15) is 0 Å². The maximum Gasteiger partial charge on any atom is 0.246 e. The Balaban J connectivity index is 2.17. The van der Waals surface area contributed by atoms with Crippen LogP contribution in [0.2, 0.25) is 0 Å². The number of amides is 1. The first-order valence-electron chi connectivity index (χ1n) is 5.34. The number of carbonyl (C=O) groups is 1. The van der Waals surface area contributed by atoms with E-state index in [9.17, 15) is 9.00 Å². The summed E-state index contributed by atoms with van der Waals surface area (Å²) in [4.78, 5) is 11.4. The smallest absolute Gasteiger partial charge is 0.246 e. The van der Waals surface area contributed by atoms with Crippen LogP contribution in [0.25, 0.3) is 0 Å². The molecular formula is C10H19NO3S. The van der Waals surface area contributed by atoms with Crippen molar-refractivity contribution in [3.63, 3.8) is 0 Å². The molecule has 0 aromatic heterocycles. The van der Waals surface area contributed by atoms with E-state index in [0.29, 0.717) is 11.5 Å². The second kappa shape index (κ2) is 6.23. The minimum absolute atomic E-state index is 0.0682. The molecule has 1 fully saturated rings. The Hall–Kier alpha value is -0.420. The maximum absolute atomic E-state index is 11.4. The molecule has 0 saturated carbocycles. The molecule has 1 rings (SSSR count). The summed E-state index contributed by atoms with van der Waals surface area (Å²) in [6.45, 7) is 3.92. The van der Waals surface area contributed by atoms with Gasteiger partial charge >= 0.3 is 0 Å². The Morgan fingerprint density at radius 2 is 2.07 bits per heavy atom. The van der Waals surface area contributed by atoms with Gasteiger partial charge in [0, 0.05) is 28.3 Å². The highest BCUT2D eigenvalue weighted by Crippen LogP contribution is 2.08. The van der Waals surface area contributed by atoms with Gasteiger partial charge in [0.05, 0.1) is 6.10 Å². The monoisotopic (exact) mass is 233 g/mol. The number of carbonyl (C=O) groups excluding carboxylic acids is 1. The third-order valence-corrected chi connectivity index (χ3v) is 3.68. The van der Waals surface area contributed by atoms with E-state index in [-0.39, 0.29) is 24.7 Å². The molecule has 1 heterocycles. The summed E-state index contributed by atoms with van der Waals surface area (Å²) < 4.78 is 16.3. The van der Waals surface area contributed by atoms with Crippen molar-refractivity contribution in [1.29, 1.82) is 0 Å². The maximum atomic E-state index is 11.4. The average molecular weight is 233 g/mol. The van der Waals surface area contributed by atoms with E-state index in [4.69, 9.17) is 4.74 Å². The topological polar surface area (TPSA) is 55.4 Å². The summed E-state index contributed by atoms with van der Waals surface area (Å²) in [6.07, 6.45) is 1.72. The molecule has 1 aliphatic rings. The molecule has 1 N–H and O–H groups in total. The predicted molar refractivity (Wildman–Crippen MR) is 60.1 cm³/mol. The lowest BCUT2D eigenvalue weighted by atomic mass is 10.1. The normalized spacial score (nSPS) is 26.6. The van der Waals surface area contributed by atoms with Crippen LogP contribution in [0, 0.1) is 0 Å². The van der Waals surface area contributed by atoms with Crippen molar-refractivity contribution < 1.29 is 13.7 Å². The lowest BCUT2D eigenvalue weighted by Crippen LogP contribution is -2.41. The summed E-state index contributed by atoms with van der Waals surface area (Å²) >= 11 is 0. The fraction of sp³-hybridized carbons (Fsp3) is 0.900. The van der Waals surface area contributed by atoms with Gasteiger partial charge in [-0.15, -0.1) is 0 Å². The van der Waals surface area contributed by atoms with Gasteiger partial charge in [0.1, 0.15) is 6.61 Å². The minimum atomic E-state index is -0.669. The number of hydrogen-bond acceptors (Lipinski definition) is 3. The fourth-order valence-electron chi connectivity index (χ4n) is 1.45. The molecule has 0 aliphatic carbocycles. The molecule has 0 radical (unpaired) electrons. The van der Waals surface area contributed by atoms with Crippen LogP contribution in [0.4, 0.5) is 0 Å². The summed E-state index contributed by atoms with van der Waals surface area (Å²) in [5.41, 5.74) is 0. The Bertz CT molecular complexity index is 233. The number of hydrogen-bond donors (Lipinski definition) is 1. The highest BCUT2D eigenvalue weighted by Gasteiger charge is 2.19. The quantitative estimate of drug-likeness (QED) is 0.766. The Morgan fingerprint density at radius 3 is 2.60 bits per heavy atom. The van der Waals surface area contributed by atoms with Crippen molar-refractivity contribution in [2.75, 3.05) is 18.1 Å². The summed E-state index contributed by atoms with van der Waals surface area (Å²) in [5, 5.41) is 2.90. The molecule has 0 atom stereocenters. The minimum Gasteiger partial charge on any atom is -0.369 e. The van der Waals surface area contributed by atoms with Gasteiger partial charge in [0.2, 0.25) is 5.91 Å². The van der Waals surface area contributed by atoms with Crippen molar-refractivity contribution in [3.05, 3.63) is 0 Å². The Morgan fingerprint density at radius 1 is 1.47 bits per heavy atom. The first-order valence-corrected chi connectivity index (χ1v) is 6.82. The molecule has 5 heteroatoms. The van der Waals surface area contributed by atoms with Crippen LogP contribution in [-0.4, -0.2) is 40.4 Å². The number of nitrogens with one attached hydrogen (secondary N) is 1. The van der Waals surface area contributed by atoms with E-state index >= 15 is 0 Å². The van der Waals surface area contributed by atoms with E-state index in [0.717, 1.165) is 12.8 Å². The molecule has 1 amide bonds. The van der Waals surface area contributed by atoms with Crippen molar-refractivity contribution >= 4 is 16.7 Å².